The quantitative estimate of drug-likeness (QED) is 0.802. The van der Waals surface area contributed by atoms with Gasteiger partial charge in [-0.3, -0.25) is 0 Å². The van der Waals surface area contributed by atoms with Gasteiger partial charge in [-0.05, 0) is 48.2 Å². The molecule has 8 heteroatoms. The summed E-state index contributed by atoms with van der Waals surface area (Å²) < 4.78 is 70.4. The Balaban J connectivity index is 1.81. The molecule has 1 heterocycles. The van der Waals surface area contributed by atoms with Gasteiger partial charge in [0, 0.05) is 13.1 Å². The van der Waals surface area contributed by atoms with Crippen molar-refractivity contribution < 1.29 is 26.3 Å². The molecule has 0 radical (unpaired) electrons. The van der Waals surface area contributed by atoms with Crippen LogP contribution in [0.4, 0.5) is 13.2 Å². The Morgan fingerprint density at radius 1 is 1.12 bits per heavy atom. The van der Waals surface area contributed by atoms with Crippen molar-refractivity contribution in [3.8, 4) is 5.75 Å². The van der Waals surface area contributed by atoms with E-state index in [-0.39, 0.29) is 23.9 Å². The largest absolute Gasteiger partial charge is 0.497 e. The lowest BCUT2D eigenvalue weighted by molar-refractivity contribution is -0.137. The summed E-state index contributed by atoms with van der Waals surface area (Å²) in [6.45, 7) is 0.514. The standard InChI is InChI=1S/C18H18F3NO3S/c1-25-16-7-5-13(6-8-16)14-9-10-22(12-14)26(23,24)17-4-2-3-15(11-17)18(19,20)21/h2-8,11,14H,9-10,12H2,1H3/t14-/m1/s1. The van der Waals surface area contributed by atoms with Crippen LogP contribution < -0.4 is 4.74 Å². The minimum atomic E-state index is -4.58. The fraction of sp³-hybridized carbons (Fsp3) is 0.333. The van der Waals surface area contributed by atoms with Gasteiger partial charge in [0.2, 0.25) is 10.0 Å². The summed E-state index contributed by atoms with van der Waals surface area (Å²) in [5.41, 5.74) is 0.0111. The van der Waals surface area contributed by atoms with Crippen LogP contribution in [0.5, 0.6) is 5.75 Å². The summed E-state index contributed by atoms with van der Waals surface area (Å²) in [6, 6.07) is 11.2. The van der Waals surface area contributed by atoms with E-state index in [4.69, 9.17) is 4.74 Å². The minimum absolute atomic E-state index is 0.00137. The minimum Gasteiger partial charge on any atom is -0.497 e. The van der Waals surface area contributed by atoms with E-state index < -0.39 is 21.8 Å². The molecular formula is C18H18F3NO3S. The first kappa shape index (κ1) is 18.7. The van der Waals surface area contributed by atoms with E-state index in [1.807, 2.05) is 12.1 Å². The van der Waals surface area contributed by atoms with Crippen molar-refractivity contribution in [2.75, 3.05) is 20.2 Å². The van der Waals surface area contributed by atoms with Crippen molar-refractivity contribution in [2.24, 2.45) is 0 Å². The van der Waals surface area contributed by atoms with Crippen LogP contribution in [0.2, 0.25) is 0 Å². The first-order valence-corrected chi connectivity index (χ1v) is 9.47. The van der Waals surface area contributed by atoms with E-state index in [9.17, 15) is 21.6 Å². The van der Waals surface area contributed by atoms with Crippen LogP contribution >= 0.6 is 0 Å². The van der Waals surface area contributed by atoms with Crippen LogP contribution in [-0.2, 0) is 16.2 Å². The van der Waals surface area contributed by atoms with Gasteiger partial charge in [0.1, 0.15) is 5.75 Å². The van der Waals surface area contributed by atoms with Crippen LogP contribution in [0.3, 0.4) is 0 Å². The molecule has 1 atom stereocenters. The monoisotopic (exact) mass is 385 g/mol. The number of nitrogens with zero attached hydrogens (tertiary/aromatic N) is 1. The third kappa shape index (κ3) is 3.71. The van der Waals surface area contributed by atoms with E-state index in [0.29, 0.717) is 18.2 Å². The molecule has 1 aliphatic heterocycles. The number of sulfonamides is 1. The fourth-order valence-corrected chi connectivity index (χ4v) is 4.62. The molecule has 0 amide bonds. The lowest BCUT2D eigenvalue weighted by atomic mass is 9.99. The topological polar surface area (TPSA) is 46.6 Å². The summed E-state index contributed by atoms with van der Waals surface area (Å²) in [5.74, 6) is 0.710. The van der Waals surface area contributed by atoms with Crippen molar-refractivity contribution in [1.29, 1.82) is 0 Å². The SMILES string of the molecule is COc1ccc([C@@H]2CCN(S(=O)(=O)c3cccc(C(F)(F)F)c3)C2)cc1. The Labute approximate surface area is 150 Å². The molecule has 3 rings (SSSR count). The summed E-state index contributed by atoms with van der Waals surface area (Å²) in [6.07, 6.45) is -3.97. The fourth-order valence-electron chi connectivity index (χ4n) is 3.08. The molecule has 0 saturated carbocycles. The zero-order chi connectivity index (χ0) is 18.9. The van der Waals surface area contributed by atoms with Gasteiger partial charge in [-0.25, -0.2) is 8.42 Å². The normalized spacial score (nSPS) is 18.8. The van der Waals surface area contributed by atoms with Crippen molar-refractivity contribution in [3.63, 3.8) is 0 Å². The van der Waals surface area contributed by atoms with Crippen molar-refractivity contribution >= 4 is 10.0 Å². The maximum Gasteiger partial charge on any atom is 0.416 e. The molecule has 4 nitrogen and oxygen atoms in total. The first-order valence-electron chi connectivity index (χ1n) is 8.03. The predicted octanol–water partition coefficient (Wildman–Crippen LogP) is 3.89. The van der Waals surface area contributed by atoms with Crippen LogP contribution in [0, 0.1) is 0 Å². The van der Waals surface area contributed by atoms with Crippen LogP contribution in [-0.4, -0.2) is 32.9 Å². The van der Waals surface area contributed by atoms with Crippen molar-refractivity contribution in [1.82, 2.24) is 4.31 Å². The average Bonchev–Trinajstić information content (AvgIpc) is 3.12. The second-order valence-electron chi connectivity index (χ2n) is 6.15. The van der Waals surface area contributed by atoms with E-state index >= 15 is 0 Å². The maximum absolute atomic E-state index is 12.9. The molecule has 0 aromatic heterocycles. The Hall–Kier alpha value is -2.06. The molecule has 1 saturated heterocycles. The highest BCUT2D eigenvalue weighted by atomic mass is 32.2. The molecule has 0 unspecified atom stereocenters. The second-order valence-corrected chi connectivity index (χ2v) is 8.09. The highest BCUT2D eigenvalue weighted by Gasteiger charge is 2.36. The number of benzene rings is 2. The summed E-state index contributed by atoms with van der Waals surface area (Å²) in [4.78, 5) is -0.331. The predicted molar refractivity (Wildman–Crippen MR) is 90.6 cm³/mol. The molecule has 0 N–H and O–H groups in total. The third-order valence-electron chi connectivity index (χ3n) is 4.54. The maximum atomic E-state index is 12.9. The van der Waals surface area contributed by atoms with Crippen LogP contribution in [0.1, 0.15) is 23.5 Å². The van der Waals surface area contributed by atoms with Crippen molar-refractivity contribution in [2.45, 2.75) is 23.4 Å². The van der Waals surface area contributed by atoms with Gasteiger partial charge in [0.25, 0.3) is 0 Å². The smallest absolute Gasteiger partial charge is 0.416 e. The number of halogens is 3. The molecule has 0 bridgehead atoms. The van der Waals surface area contributed by atoms with E-state index in [2.05, 4.69) is 0 Å². The highest BCUT2D eigenvalue weighted by Crippen LogP contribution is 2.34. The molecule has 0 spiro atoms. The molecule has 1 fully saturated rings. The van der Waals surface area contributed by atoms with E-state index in [1.54, 1.807) is 19.2 Å². The molecule has 1 aliphatic rings. The zero-order valence-corrected chi connectivity index (χ0v) is 14.8. The third-order valence-corrected chi connectivity index (χ3v) is 6.40. The first-order chi connectivity index (χ1) is 12.2. The van der Waals surface area contributed by atoms with Gasteiger partial charge >= 0.3 is 6.18 Å². The Morgan fingerprint density at radius 2 is 1.81 bits per heavy atom. The number of ether oxygens (including phenoxy) is 1. The Morgan fingerprint density at radius 3 is 2.42 bits per heavy atom. The molecule has 2 aromatic rings. The molecule has 0 aliphatic carbocycles. The lowest BCUT2D eigenvalue weighted by Crippen LogP contribution is -2.29. The van der Waals surface area contributed by atoms with Gasteiger partial charge < -0.3 is 4.74 Å². The van der Waals surface area contributed by atoms with Crippen LogP contribution in [0.25, 0.3) is 0 Å². The van der Waals surface area contributed by atoms with Gasteiger partial charge in [-0.2, -0.15) is 17.5 Å². The summed E-state index contributed by atoms with van der Waals surface area (Å²) >= 11 is 0. The highest BCUT2D eigenvalue weighted by molar-refractivity contribution is 7.89. The number of hydrogen-bond acceptors (Lipinski definition) is 3. The summed E-state index contributed by atoms with van der Waals surface area (Å²) in [5, 5.41) is 0. The van der Waals surface area contributed by atoms with E-state index in [0.717, 1.165) is 17.7 Å². The van der Waals surface area contributed by atoms with Crippen molar-refractivity contribution in [3.05, 3.63) is 59.7 Å². The molecule has 26 heavy (non-hydrogen) atoms. The van der Waals surface area contributed by atoms with Crippen LogP contribution in [0.15, 0.2) is 53.4 Å². The number of hydrogen-bond donors (Lipinski definition) is 0. The number of alkyl halides is 3. The average molecular weight is 385 g/mol. The Bertz CT molecular complexity index is 879. The number of methoxy groups -OCH3 is 1. The van der Waals surface area contributed by atoms with Gasteiger partial charge in [0.15, 0.2) is 0 Å². The zero-order valence-electron chi connectivity index (χ0n) is 14.0. The molecule has 2 aromatic carbocycles. The Kier molecular flexibility index (Phi) is 4.98. The van der Waals surface area contributed by atoms with Gasteiger partial charge in [0.05, 0.1) is 17.6 Å². The lowest BCUT2D eigenvalue weighted by Gasteiger charge is -2.18. The summed E-state index contributed by atoms with van der Waals surface area (Å²) in [7, 11) is -2.40. The number of rotatable bonds is 4. The molecule has 140 valence electrons. The van der Waals surface area contributed by atoms with E-state index in [1.165, 1.54) is 10.4 Å². The molecular weight excluding hydrogens is 367 g/mol. The van der Waals surface area contributed by atoms with Gasteiger partial charge in [-0.1, -0.05) is 18.2 Å². The second kappa shape index (κ2) is 6.92. The van der Waals surface area contributed by atoms with Gasteiger partial charge in [-0.15, -0.1) is 0 Å².